The molecule has 2 bridgehead atoms. The molecule has 2 aromatic rings. The molecule has 2 unspecified atom stereocenters. The molecule has 2 atom stereocenters. The maximum Gasteiger partial charge on any atom is 0.134 e. The molecule has 3 fully saturated rings. The summed E-state index contributed by atoms with van der Waals surface area (Å²) in [5.74, 6) is 1.11. The van der Waals surface area contributed by atoms with Gasteiger partial charge in [-0.15, -0.1) is 0 Å². The van der Waals surface area contributed by atoms with Crippen LogP contribution in [0.25, 0.3) is 0 Å². The molecule has 0 spiro atoms. The van der Waals surface area contributed by atoms with Crippen molar-refractivity contribution < 1.29 is 9.90 Å². The van der Waals surface area contributed by atoms with Crippen LogP contribution in [0, 0.1) is 11.8 Å². The summed E-state index contributed by atoms with van der Waals surface area (Å²) in [6.45, 7) is 5.00. The van der Waals surface area contributed by atoms with Crippen LogP contribution < -0.4 is 0 Å². The zero-order chi connectivity index (χ0) is 19.6. The summed E-state index contributed by atoms with van der Waals surface area (Å²) in [6, 6.07) is 18.6. The summed E-state index contributed by atoms with van der Waals surface area (Å²) in [5, 5.41) is 12.0. The van der Waals surface area contributed by atoms with Gasteiger partial charge < -0.3 is 10.0 Å². The van der Waals surface area contributed by atoms with Crippen LogP contribution in [0.3, 0.4) is 0 Å². The Bertz CT molecular complexity index is 793. The third kappa shape index (κ3) is 4.06. The van der Waals surface area contributed by atoms with Crippen LogP contribution >= 0.6 is 0 Å². The summed E-state index contributed by atoms with van der Waals surface area (Å²) < 4.78 is 0. The Kier molecular flexibility index (Phi) is 5.65. The van der Waals surface area contributed by atoms with Gasteiger partial charge in [0.25, 0.3) is 0 Å². The van der Waals surface area contributed by atoms with Crippen LogP contribution in [0.1, 0.15) is 42.9 Å². The Morgan fingerprint density at radius 1 is 1.04 bits per heavy atom. The van der Waals surface area contributed by atoms with Gasteiger partial charge in [0.15, 0.2) is 0 Å². The summed E-state index contributed by atoms with van der Waals surface area (Å²) in [7, 11) is 0. The summed E-state index contributed by atoms with van der Waals surface area (Å²) in [4.78, 5) is 13.8. The minimum atomic E-state index is -0.789. The number of Topliss-reactive ketones (excluding diaryl/α,β-unsaturated/α-hetero) is 1. The van der Waals surface area contributed by atoms with Crippen LogP contribution in [-0.2, 0) is 23.2 Å². The van der Waals surface area contributed by atoms with Gasteiger partial charge >= 0.3 is 0 Å². The van der Waals surface area contributed by atoms with Crippen molar-refractivity contribution in [3.05, 3.63) is 71.3 Å². The molecule has 3 heterocycles. The average molecular weight is 378 g/mol. The molecule has 3 aliphatic rings. The standard InChI is InChI=1S/C25H31NO2/c1-19(27)17-21-9-7-20(8-10-21)11-14-25(28,23-5-3-2-4-6-23)24-18-26-15-12-22(24)13-16-26/h2-10,22,24,28H,11-18H2,1H3. The highest BCUT2D eigenvalue weighted by Gasteiger charge is 2.47. The first-order valence-electron chi connectivity index (χ1n) is 10.6. The Morgan fingerprint density at radius 2 is 1.68 bits per heavy atom. The van der Waals surface area contributed by atoms with E-state index in [1.54, 1.807) is 6.92 Å². The van der Waals surface area contributed by atoms with Crippen molar-refractivity contribution >= 4 is 5.78 Å². The summed E-state index contributed by atoms with van der Waals surface area (Å²) in [6.07, 6.45) is 4.49. The Labute approximate surface area is 168 Å². The number of ketones is 1. The van der Waals surface area contributed by atoms with Crippen LogP contribution in [0.2, 0.25) is 0 Å². The number of carbonyl (C=O) groups excluding carboxylic acids is 1. The largest absolute Gasteiger partial charge is 0.385 e. The zero-order valence-electron chi connectivity index (χ0n) is 16.8. The number of aliphatic hydroxyl groups is 1. The molecule has 0 aliphatic carbocycles. The van der Waals surface area contributed by atoms with Crippen molar-refractivity contribution in [2.75, 3.05) is 19.6 Å². The third-order valence-electron chi connectivity index (χ3n) is 6.81. The fourth-order valence-corrected chi connectivity index (χ4v) is 5.22. The van der Waals surface area contributed by atoms with Crippen molar-refractivity contribution in [2.24, 2.45) is 11.8 Å². The van der Waals surface area contributed by atoms with Crippen molar-refractivity contribution in [1.29, 1.82) is 0 Å². The summed E-state index contributed by atoms with van der Waals surface area (Å²) in [5.41, 5.74) is 2.56. The van der Waals surface area contributed by atoms with E-state index in [0.717, 1.165) is 30.5 Å². The lowest BCUT2D eigenvalue weighted by Crippen LogP contribution is -2.55. The fourth-order valence-electron chi connectivity index (χ4n) is 5.22. The molecule has 2 aromatic carbocycles. The van der Waals surface area contributed by atoms with E-state index >= 15 is 0 Å². The molecule has 5 rings (SSSR count). The number of aryl methyl sites for hydroxylation is 1. The molecule has 3 saturated heterocycles. The lowest BCUT2D eigenvalue weighted by atomic mass is 9.66. The van der Waals surface area contributed by atoms with Gasteiger partial charge in [-0.05, 0) is 68.3 Å². The Morgan fingerprint density at radius 3 is 2.25 bits per heavy atom. The fraction of sp³-hybridized carbons (Fsp3) is 0.480. The van der Waals surface area contributed by atoms with Crippen LogP contribution in [-0.4, -0.2) is 35.4 Å². The number of hydrogen-bond acceptors (Lipinski definition) is 3. The average Bonchev–Trinajstić information content (AvgIpc) is 2.74. The third-order valence-corrected chi connectivity index (χ3v) is 6.81. The number of carbonyl (C=O) groups is 1. The predicted octanol–water partition coefficient (Wildman–Crippen LogP) is 3.98. The molecular weight excluding hydrogens is 346 g/mol. The minimum absolute atomic E-state index is 0.188. The first-order chi connectivity index (χ1) is 13.5. The molecule has 148 valence electrons. The van der Waals surface area contributed by atoms with E-state index in [2.05, 4.69) is 29.2 Å². The molecule has 0 amide bonds. The lowest BCUT2D eigenvalue weighted by molar-refractivity contribution is -0.116. The first-order valence-corrected chi connectivity index (χ1v) is 10.6. The van der Waals surface area contributed by atoms with Gasteiger partial charge in [0.2, 0.25) is 0 Å². The lowest BCUT2D eigenvalue weighted by Gasteiger charge is -2.51. The van der Waals surface area contributed by atoms with Gasteiger partial charge in [0.1, 0.15) is 5.78 Å². The molecule has 3 heteroatoms. The van der Waals surface area contributed by atoms with Gasteiger partial charge in [0, 0.05) is 18.9 Å². The summed E-state index contributed by atoms with van der Waals surface area (Å²) >= 11 is 0. The first kappa shape index (κ1) is 19.4. The highest BCUT2D eigenvalue weighted by Crippen LogP contribution is 2.45. The highest BCUT2D eigenvalue weighted by molar-refractivity contribution is 5.78. The normalized spacial score (nSPS) is 26.0. The van der Waals surface area contributed by atoms with Gasteiger partial charge in [-0.1, -0.05) is 54.6 Å². The van der Waals surface area contributed by atoms with Crippen molar-refractivity contribution in [2.45, 2.75) is 44.6 Å². The van der Waals surface area contributed by atoms with Crippen molar-refractivity contribution in [3.8, 4) is 0 Å². The molecule has 3 aliphatic heterocycles. The van der Waals surface area contributed by atoms with Gasteiger partial charge in [-0.25, -0.2) is 0 Å². The van der Waals surface area contributed by atoms with E-state index in [0.29, 0.717) is 18.3 Å². The van der Waals surface area contributed by atoms with Crippen molar-refractivity contribution in [1.82, 2.24) is 4.90 Å². The second-order valence-corrected chi connectivity index (χ2v) is 8.73. The predicted molar refractivity (Wildman–Crippen MR) is 112 cm³/mol. The maximum atomic E-state index is 12.0. The minimum Gasteiger partial charge on any atom is -0.385 e. The quantitative estimate of drug-likeness (QED) is 0.793. The number of fused-ring (bicyclic) bond motifs is 3. The number of nitrogens with zero attached hydrogens (tertiary/aromatic N) is 1. The topological polar surface area (TPSA) is 40.5 Å². The second kappa shape index (κ2) is 8.18. The van der Waals surface area contributed by atoms with Crippen LogP contribution in [0.15, 0.2) is 54.6 Å². The van der Waals surface area contributed by atoms with Crippen molar-refractivity contribution in [3.63, 3.8) is 0 Å². The van der Waals surface area contributed by atoms with E-state index in [1.807, 2.05) is 30.3 Å². The number of piperidine rings is 3. The maximum absolute atomic E-state index is 12.0. The van der Waals surface area contributed by atoms with E-state index in [1.165, 1.54) is 31.5 Å². The molecular formula is C25H31NO2. The van der Waals surface area contributed by atoms with E-state index in [4.69, 9.17) is 0 Å². The monoisotopic (exact) mass is 377 g/mol. The smallest absolute Gasteiger partial charge is 0.134 e. The van der Waals surface area contributed by atoms with Gasteiger partial charge in [-0.2, -0.15) is 0 Å². The van der Waals surface area contributed by atoms with Crippen LogP contribution in [0.5, 0.6) is 0 Å². The van der Waals surface area contributed by atoms with E-state index in [9.17, 15) is 9.90 Å². The molecule has 0 aromatic heterocycles. The molecule has 0 saturated carbocycles. The van der Waals surface area contributed by atoms with E-state index in [-0.39, 0.29) is 5.78 Å². The number of hydrogen-bond donors (Lipinski definition) is 1. The second-order valence-electron chi connectivity index (χ2n) is 8.73. The molecule has 0 radical (unpaired) electrons. The molecule has 1 N–H and O–H groups in total. The van der Waals surface area contributed by atoms with Gasteiger partial charge in [-0.3, -0.25) is 4.79 Å². The Hall–Kier alpha value is -1.97. The van der Waals surface area contributed by atoms with Crippen LogP contribution in [0.4, 0.5) is 0 Å². The number of benzene rings is 2. The number of rotatable bonds is 7. The SMILES string of the molecule is CC(=O)Cc1ccc(CCC(O)(c2ccccc2)C2CN3CCC2CC3)cc1. The van der Waals surface area contributed by atoms with Gasteiger partial charge in [0.05, 0.1) is 5.60 Å². The molecule has 3 nitrogen and oxygen atoms in total. The molecule has 28 heavy (non-hydrogen) atoms. The van der Waals surface area contributed by atoms with E-state index < -0.39 is 5.60 Å². The highest BCUT2D eigenvalue weighted by atomic mass is 16.3. The zero-order valence-corrected chi connectivity index (χ0v) is 16.8. The Balaban J connectivity index is 1.54.